The molecule has 1 aromatic rings. The minimum atomic E-state index is -0.465. The zero-order valence-corrected chi connectivity index (χ0v) is 13.1. The SMILES string of the molecule is Cc1sc(C(=O)N(C)CC2CCCCC2O)cc1[N+](=O)[O-]. The first kappa shape index (κ1) is 15.9. The first-order chi connectivity index (χ1) is 9.90. The molecule has 1 amide bonds. The summed E-state index contributed by atoms with van der Waals surface area (Å²) in [5, 5.41) is 20.8. The summed E-state index contributed by atoms with van der Waals surface area (Å²) in [5.41, 5.74) is -0.00514. The number of carbonyl (C=O) groups is 1. The average molecular weight is 312 g/mol. The second-order valence-corrected chi connectivity index (χ2v) is 6.86. The molecule has 6 nitrogen and oxygen atoms in total. The van der Waals surface area contributed by atoms with Gasteiger partial charge in [0.15, 0.2) is 0 Å². The van der Waals surface area contributed by atoms with Crippen LogP contribution in [-0.2, 0) is 0 Å². The summed E-state index contributed by atoms with van der Waals surface area (Å²) < 4.78 is 0. The lowest BCUT2D eigenvalue weighted by atomic mass is 9.86. The molecule has 0 aliphatic heterocycles. The smallest absolute Gasteiger partial charge is 0.283 e. The first-order valence-corrected chi connectivity index (χ1v) is 7.90. The van der Waals surface area contributed by atoms with Gasteiger partial charge in [-0.05, 0) is 19.8 Å². The van der Waals surface area contributed by atoms with Crippen LogP contribution in [0.2, 0.25) is 0 Å². The van der Waals surface area contributed by atoms with E-state index in [0.29, 0.717) is 16.3 Å². The molecule has 0 radical (unpaired) electrons. The van der Waals surface area contributed by atoms with Gasteiger partial charge in [-0.1, -0.05) is 12.8 Å². The summed E-state index contributed by atoms with van der Waals surface area (Å²) in [4.78, 5) is 25.2. The molecule has 1 fully saturated rings. The summed E-state index contributed by atoms with van der Waals surface area (Å²) in [6.45, 7) is 2.13. The molecule has 0 saturated heterocycles. The molecule has 0 bridgehead atoms. The number of carbonyl (C=O) groups excluding carboxylic acids is 1. The third-order valence-corrected chi connectivity index (χ3v) is 5.05. The topological polar surface area (TPSA) is 83.7 Å². The fourth-order valence-corrected chi connectivity index (χ4v) is 3.76. The van der Waals surface area contributed by atoms with E-state index in [1.807, 2.05) is 0 Å². The van der Waals surface area contributed by atoms with Crippen molar-refractivity contribution in [3.8, 4) is 0 Å². The number of thiophene rings is 1. The van der Waals surface area contributed by atoms with Gasteiger partial charge in [-0.2, -0.15) is 0 Å². The predicted molar refractivity (Wildman–Crippen MR) is 80.6 cm³/mol. The van der Waals surface area contributed by atoms with E-state index in [0.717, 1.165) is 37.0 Å². The lowest BCUT2D eigenvalue weighted by molar-refractivity contribution is -0.385. The van der Waals surface area contributed by atoms with E-state index in [1.165, 1.54) is 6.07 Å². The van der Waals surface area contributed by atoms with E-state index in [1.54, 1.807) is 18.9 Å². The highest BCUT2D eigenvalue weighted by atomic mass is 32.1. The van der Waals surface area contributed by atoms with Crippen molar-refractivity contribution in [2.24, 2.45) is 5.92 Å². The van der Waals surface area contributed by atoms with Crippen LogP contribution in [0.5, 0.6) is 0 Å². The Morgan fingerprint density at radius 1 is 1.52 bits per heavy atom. The Hall–Kier alpha value is -1.47. The minimum Gasteiger partial charge on any atom is -0.393 e. The first-order valence-electron chi connectivity index (χ1n) is 7.08. The third-order valence-electron chi connectivity index (χ3n) is 4.02. The molecule has 1 saturated carbocycles. The molecular formula is C14H20N2O4S. The molecule has 0 aromatic carbocycles. The number of aliphatic hydroxyl groups excluding tert-OH is 1. The van der Waals surface area contributed by atoms with Crippen LogP contribution in [0, 0.1) is 23.0 Å². The van der Waals surface area contributed by atoms with Crippen LogP contribution in [0.1, 0.15) is 40.2 Å². The molecular weight excluding hydrogens is 292 g/mol. The lowest BCUT2D eigenvalue weighted by Crippen LogP contribution is -2.37. The second kappa shape index (κ2) is 6.53. The summed E-state index contributed by atoms with van der Waals surface area (Å²) >= 11 is 1.15. The van der Waals surface area contributed by atoms with E-state index in [-0.39, 0.29) is 23.6 Å². The van der Waals surface area contributed by atoms with Crippen molar-refractivity contribution in [3.05, 3.63) is 25.9 Å². The number of rotatable bonds is 4. The fourth-order valence-electron chi connectivity index (χ4n) is 2.78. The quantitative estimate of drug-likeness (QED) is 0.684. The van der Waals surface area contributed by atoms with Crippen molar-refractivity contribution in [1.29, 1.82) is 0 Å². The van der Waals surface area contributed by atoms with Gasteiger partial charge in [0.25, 0.3) is 11.6 Å². The Kier molecular flexibility index (Phi) is 4.95. The molecule has 2 atom stereocenters. The van der Waals surface area contributed by atoms with Crippen LogP contribution in [-0.4, -0.2) is 40.5 Å². The fraction of sp³-hybridized carbons (Fsp3) is 0.643. The van der Waals surface area contributed by atoms with Crippen molar-refractivity contribution < 1.29 is 14.8 Å². The van der Waals surface area contributed by atoms with Crippen molar-refractivity contribution in [3.63, 3.8) is 0 Å². The molecule has 1 aliphatic rings. The standard InChI is InChI=1S/C14H20N2O4S/c1-9-11(16(19)20)7-13(21-9)14(18)15(2)8-10-5-3-4-6-12(10)17/h7,10,12,17H,3-6,8H2,1-2H3. The second-order valence-electron chi connectivity index (χ2n) is 5.61. The zero-order chi connectivity index (χ0) is 15.6. The number of aryl methyl sites for hydroxylation is 1. The number of amides is 1. The number of hydrogen-bond acceptors (Lipinski definition) is 5. The van der Waals surface area contributed by atoms with Gasteiger partial charge in [0.05, 0.1) is 20.8 Å². The molecule has 0 spiro atoms. The monoisotopic (exact) mass is 312 g/mol. The normalized spacial score (nSPS) is 22.0. The number of hydrogen-bond donors (Lipinski definition) is 1. The molecule has 7 heteroatoms. The van der Waals surface area contributed by atoms with E-state index in [4.69, 9.17) is 0 Å². The van der Waals surface area contributed by atoms with Crippen LogP contribution in [0.3, 0.4) is 0 Å². The van der Waals surface area contributed by atoms with Gasteiger partial charge in [-0.3, -0.25) is 14.9 Å². The van der Waals surface area contributed by atoms with E-state index in [2.05, 4.69) is 0 Å². The van der Waals surface area contributed by atoms with Crippen molar-refractivity contribution >= 4 is 22.9 Å². The molecule has 21 heavy (non-hydrogen) atoms. The Balaban J connectivity index is 2.05. The van der Waals surface area contributed by atoms with Crippen molar-refractivity contribution in [2.45, 2.75) is 38.7 Å². The molecule has 1 N–H and O–H groups in total. The maximum absolute atomic E-state index is 12.3. The number of nitro groups is 1. The Bertz CT molecular complexity index is 543. The molecule has 1 aliphatic carbocycles. The lowest BCUT2D eigenvalue weighted by Gasteiger charge is -2.31. The summed E-state index contributed by atoms with van der Waals surface area (Å²) in [7, 11) is 1.69. The van der Waals surface area contributed by atoms with Gasteiger partial charge in [-0.15, -0.1) is 11.3 Å². The largest absolute Gasteiger partial charge is 0.393 e. The van der Waals surface area contributed by atoms with Crippen molar-refractivity contribution in [2.75, 3.05) is 13.6 Å². The Labute approximate surface area is 127 Å². The Morgan fingerprint density at radius 2 is 2.19 bits per heavy atom. The van der Waals surface area contributed by atoms with Crippen LogP contribution in [0.25, 0.3) is 0 Å². The average Bonchev–Trinajstić information content (AvgIpc) is 2.82. The maximum atomic E-state index is 12.3. The molecule has 2 rings (SSSR count). The highest BCUT2D eigenvalue weighted by Crippen LogP contribution is 2.30. The van der Waals surface area contributed by atoms with Gasteiger partial charge < -0.3 is 10.0 Å². The van der Waals surface area contributed by atoms with Crippen LogP contribution in [0.4, 0.5) is 5.69 Å². The summed E-state index contributed by atoms with van der Waals surface area (Å²) in [6.07, 6.45) is 3.46. The van der Waals surface area contributed by atoms with Gasteiger partial charge in [0.2, 0.25) is 0 Å². The maximum Gasteiger partial charge on any atom is 0.283 e. The molecule has 1 aromatic heterocycles. The van der Waals surface area contributed by atoms with E-state index in [9.17, 15) is 20.0 Å². The molecule has 1 heterocycles. The number of aliphatic hydroxyl groups is 1. The van der Waals surface area contributed by atoms with Crippen molar-refractivity contribution in [1.82, 2.24) is 4.90 Å². The summed E-state index contributed by atoms with van der Waals surface area (Å²) in [5.74, 6) is -0.113. The Morgan fingerprint density at radius 3 is 2.76 bits per heavy atom. The summed E-state index contributed by atoms with van der Waals surface area (Å²) in [6, 6.07) is 1.34. The highest BCUT2D eigenvalue weighted by Gasteiger charge is 2.27. The zero-order valence-electron chi connectivity index (χ0n) is 12.2. The predicted octanol–water partition coefficient (Wildman–Crippen LogP) is 2.59. The van der Waals surface area contributed by atoms with Gasteiger partial charge in [0.1, 0.15) is 0 Å². The van der Waals surface area contributed by atoms with Gasteiger partial charge in [-0.25, -0.2) is 0 Å². The van der Waals surface area contributed by atoms with Gasteiger partial charge >= 0.3 is 0 Å². The highest BCUT2D eigenvalue weighted by molar-refractivity contribution is 7.14. The minimum absolute atomic E-state index is 0.00514. The third kappa shape index (κ3) is 3.59. The van der Waals surface area contributed by atoms with Crippen LogP contribution >= 0.6 is 11.3 Å². The van der Waals surface area contributed by atoms with Gasteiger partial charge in [0, 0.05) is 25.6 Å². The van der Waals surface area contributed by atoms with E-state index >= 15 is 0 Å². The van der Waals surface area contributed by atoms with Crippen LogP contribution in [0.15, 0.2) is 6.07 Å². The van der Waals surface area contributed by atoms with Crippen LogP contribution < -0.4 is 0 Å². The number of nitrogens with zero attached hydrogens (tertiary/aromatic N) is 2. The van der Waals surface area contributed by atoms with E-state index < -0.39 is 4.92 Å². The molecule has 116 valence electrons. The molecule has 2 unspecified atom stereocenters.